The van der Waals surface area contributed by atoms with E-state index in [-0.39, 0.29) is 18.1 Å². The number of carbonyl (C=O) groups excluding carboxylic acids is 1. The largest absolute Gasteiger partial charge is 0.418 e. The molecular weight excluding hydrogens is 307 g/mol. The van der Waals surface area contributed by atoms with Crippen LogP contribution in [0.5, 0.6) is 0 Å². The Morgan fingerprint density at radius 3 is 2.52 bits per heavy atom. The Morgan fingerprint density at radius 1 is 1.17 bits per heavy atom. The highest BCUT2D eigenvalue weighted by Crippen LogP contribution is 2.30. The zero-order valence-electron chi connectivity index (χ0n) is 12.4. The molecule has 0 radical (unpaired) electrons. The SMILES string of the molecule is C[C@@H](NCc1ncccc1C(F)(F)F)C(=O)Nc1ccccc1. The van der Waals surface area contributed by atoms with Crippen molar-refractivity contribution in [1.82, 2.24) is 10.3 Å². The number of carbonyl (C=O) groups is 1. The highest BCUT2D eigenvalue weighted by atomic mass is 19.4. The lowest BCUT2D eigenvalue weighted by Crippen LogP contribution is -2.38. The van der Waals surface area contributed by atoms with Gasteiger partial charge >= 0.3 is 6.18 Å². The average Bonchev–Trinajstić information content (AvgIpc) is 2.53. The summed E-state index contributed by atoms with van der Waals surface area (Å²) in [6, 6.07) is 10.4. The molecule has 2 aromatic rings. The van der Waals surface area contributed by atoms with Crippen LogP contribution in [0.2, 0.25) is 0 Å². The Bertz CT molecular complexity index is 659. The molecule has 2 N–H and O–H groups in total. The summed E-state index contributed by atoms with van der Waals surface area (Å²) in [7, 11) is 0. The van der Waals surface area contributed by atoms with Crippen LogP contribution in [0.25, 0.3) is 0 Å². The third kappa shape index (κ3) is 4.79. The van der Waals surface area contributed by atoms with Crippen molar-refractivity contribution < 1.29 is 18.0 Å². The summed E-state index contributed by atoms with van der Waals surface area (Å²) in [4.78, 5) is 15.7. The molecule has 122 valence electrons. The predicted octanol–water partition coefficient (Wildman–Crippen LogP) is 3.22. The van der Waals surface area contributed by atoms with E-state index in [4.69, 9.17) is 0 Å². The first-order valence-electron chi connectivity index (χ1n) is 6.98. The highest BCUT2D eigenvalue weighted by Gasteiger charge is 2.33. The number of nitrogens with zero attached hydrogens (tertiary/aromatic N) is 1. The molecule has 0 spiro atoms. The normalized spacial score (nSPS) is 12.7. The highest BCUT2D eigenvalue weighted by molar-refractivity contribution is 5.94. The van der Waals surface area contributed by atoms with E-state index in [2.05, 4.69) is 15.6 Å². The molecule has 0 aliphatic carbocycles. The Hall–Kier alpha value is -2.41. The average molecular weight is 323 g/mol. The fraction of sp³-hybridized carbons (Fsp3) is 0.250. The second kappa shape index (κ2) is 7.23. The van der Waals surface area contributed by atoms with Gasteiger partial charge in [-0.05, 0) is 31.2 Å². The number of halogens is 3. The molecule has 0 unspecified atom stereocenters. The van der Waals surface area contributed by atoms with Crippen molar-refractivity contribution in [3.05, 3.63) is 59.9 Å². The van der Waals surface area contributed by atoms with Gasteiger partial charge in [-0.25, -0.2) is 0 Å². The monoisotopic (exact) mass is 323 g/mol. The number of para-hydroxylation sites is 1. The maximum atomic E-state index is 12.9. The molecule has 0 saturated carbocycles. The van der Waals surface area contributed by atoms with Crippen LogP contribution in [0.3, 0.4) is 0 Å². The van der Waals surface area contributed by atoms with Crippen LogP contribution in [-0.2, 0) is 17.5 Å². The molecule has 1 heterocycles. The second-order valence-electron chi connectivity index (χ2n) is 4.95. The summed E-state index contributed by atoms with van der Waals surface area (Å²) < 4.78 is 38.6. The maximum absolute atomic E-state index is 12.9. The first kappa shape index (κ1) is 17.0. The van der Waals surface area contributed by atoms with Crippen LogP contribution in [0.15, 0.2) is 48.7 Å². The van der Waals surface area contributed by atoms with Gasteiger partial charge in [-0.1, -0.05) is 18.2 Å². The first-order valence-corrected chi connectivity index (χ1v) is 6.98. The van der Waals surface area contributed by atoms with Gasteiger partial charge in [0.2, 0.25) is 5.91 Å². The molecule has 7 heteroatoms. The molecule has 1 aromatic heterocycles. The third-order valence-electron chi connectivity index (χ3n) is 3.21. The molecule has 0 aliphatic rings. The van der Waals surface area contributed by atoms with E-state index in [0.717, 1.165) is 6.07 Å². The van der Waals surface area contributed by atoms with Crippen LogP contribution in [-0.4, -0.2) is 16.9 Å². The number of anilines is 1. The number of aromatic nitrogens is 1. The van der Waals surface area contributed by atoms with Gasteiger partial charge in [0.25, 0.3) is 0 Å². The van der Waals surface area contributed by atoms with Gasteiger partial charge in [0.1, 0.15) is 0 Å². The minimum absolute atomic E-state index is 0.139. The molecule has 0 fully saturated rings. The lowest BCUT2D eigenvalue weighted by atomic mass is 10.1. The molecular formula is C16H16F3N3O. The fourth-order valence-corrected chi connectivity index (χ4v) is 1.95. The Balaban J connectivity index is 1.97. The van der Waals surface area contributed by atoms with E-state index < -0.39 is 17.8 Å². The second-order valence-corrected chi connectivity index (χ2v) is 4.95. The molecule has 0 bridgehead atoms. The van der Waals surface area contributed by atoms with Gasteiger partial charge in [-0.15, -0.1) is 0 Å². The minimum atomic E-state index is -4.47. The van der Waals surface area contributed by atoms with E-state index in [1.807, 2.05) is 6.07 Å². The molecule has 4 nitrogen and oxygen atoms in total. The fourth-order valence-electron chi connectivity index (χ4n) is 1.95. The lowest BCUT2D eigenvalue weighted by molar-refractivity contribution is -0.138. The van der Waals surface area contributed by atoms with Crippen LogP contribution in [0.4, 0.5) is 18.9 Å². The molecule has 1 atom stereocenters. The summed E-state index contributed by atoms with van der Waals surface area (Å²) in [6.45, 7) is 1.42. The Morgan fingerprint density at radius 2 is 1.87 bits per heavy atom. The number of nitrogens with one attached hydrogen (secondary N) is 2. The van der Waals surface area contributed by atoms with E-state index in [0.29, 0.717) is 5.69 Å². The number of benzene rings is 1. The van der Waals surface area contributed by atoms with Crippen molar-refractivity contribution in [2.24, 2.45) is 0 Å². The smallest absolute Gasteiger partial charge is 0.325 e. The lowest BCUT2D eigenvalue weighted by Gasteiger charge is -2.16. The summed E-state index contributed by atoms with van der Waals surface area (Å²) in [5.74, 6) is -0.333. The van der Waals surface area contributed by atoms with E-state index in [1.54, 1.807) is 31.2 Å². The van der Waals surface area contributed by atoms with Crippen molar-refractivity contribution in [2.75, 3.05) is 5.32 Å². The summed E-state index contributed by atoms with van der Waals surface area (Å²) in [5.41, 5.74) is -0.317. The van der Waals surface area contributed by atoms with Gasteiger partial charge in [0.05, 0.1) is 17.3 Å². The zero-order chi connectivity index (χ0) is 16.9. The van der Waals surface area contributed by atoms with Crippen molar-refractivity contribution in [3.63, 3.8) is 0 Å². The number of hydrogen-bond acceptors (Lipinski definition) is 3. The summed E-state index contributed by atoms with van der Waals surface area (Å²) in [6.07, 6.45) is -3.18. The van der Waals surface area contributed by atoms with Crippen molar-refractivity contribution in [2.45, 2.75) is 25.7 Å². The Kier molecular flexibility index (Phi) is 5.33. The van der Waals surface area contributed by atoms with Gasteiger partial charge in [-0.2, -0.15) is 13.2 Å². The van der Waals surface area contributed by atoms with E-state index in [9.17, 15) is 18.0 Å². The number of pyridine rings is 1. The number of amides is 1. The number of alkyl halides is 3. The predicted molar refractivity (Wildman–Crippen MR) is 80.6 cm³/mol. The van der Waals surface area contributed by atoms with E-state index in [1.165, 1.54) is 12.3 Å². The minimum Gasteiger partial charge on any atom is -0.325 e. The Labute approximate surface area is 131 Å². The molecule has 1 amide bonds. The van der Waals surface area contributed by atoms with Gasteiger partial charge in [0.15, 0.2) is 0 Å². The van der Waals surface area contributed by atoms with Crippen molar-refractivity contribution in [3.8, 4) is 0 Å². The van der Waals surface area contributed by atoms with Crippen molar-refractivity contribution >= 4 is 11.6 Å². The van der Waals surface area contributed by atoms with Gasteiger partial charge in [-0.3, -0.25) is 9.78 Å². The van der Waals surface area contributed by atoms with Gasteiger partial charge in [0, 0.05) is 18.4 Å². The molecule has 0 aliphatic heterocycles. The molecule has 1 aromatic carbocycles. The quantitative estimate of drug-likeness (QED) is 0.888. The van der Waals surface area contributed by atoms with Crippen molar-refractivity contribution in [1.29, 1.82) is 0 Å². The van der Waals surface area contributed by atoms with Crippen LogP contribution in [0, 0.1) is 0 Å². The summed E-state index contributed by atoms with van der Waals surface area (Å²) >= 11 is 0. The van der Waals surface area contributed by atoms with Gasteiger partial charge < -0.3 is 10.6 Å². The van der Waals surface area contributed by atoms with Crippen LogP contribution >= 0.6 is 0 Å². The first-order chi connectivity index (χ1) is 10.9. The number of rotatable bonds is 5. The molecule has 2 rings (SSSR count). The zero-order valence-corrected chi connectivity index (χ0v) is 12.4. The van der Waals surface area contributed by atoms with Crippen LogP contribution < -0.4 is 10.6 Å². The molecule has 0 saturated heterocycles. The standard InChI is InChI=1S/C16H16F3N3O/c1-11(15(23)22-12-6-3-2-4-7-12)21-10-14-13(16(17,18)19)8-5-9-20-14/h2-9,11,21H,10H2,1H3,(H,22,23)/t11-/m1/s1. The summed E-state index contributed by atoms with van der Waals surface area (Å²) in [5, 5.41) is 5.44. The topological polar surface area (TPSA) is 54.0 Å². The molecule has 23 heavy (non-hydrogen) atoms. The third-order valence-corrected chi connectivity index (χ3v) is 3.21. The van der Waals surface area contributed by atoms with Crippen LogP contribution in [0.1, 0.15) is 18.2 Å². The van der Waals surface area contributed by atoms with E-state index >= 15 is 0 Å². The maximum Gasteiger partial charge on any atom is 0.418 e. The number of hydrogen-bond donors (Lipinski definition) is 2.